The van der Waals surface area contributed by atoms with Crippen LogP contribution in [0.2, 0.25) is 0 Å². The zero-order valence-corrected chi connectivity index (χ0v) is 34.7. The molecule has 0 saturated carbocycles. The van der Waals surface area contributed by atoms with E-state index in [-0.39, 0.29) is 0 Å². The van der Waals surface area contributed by atoms with E-state index in [4.69, 9.17) is 15.0 Å². The normalized spacial score (nSPS) is 11.8. The van der Waals surface area contributed by atoms with Crippen LogP contribution in [0.1, 0.15) is 0 Å². The smallest absolute Gasteiger partial charge is 0.238 e. The average Bonchev–Trinajstić information content (AvgIpc) is 4.03. The highest BCUT2D eigenvalue weighted by atomic mass is 32.1. The molecule has 0 aliphatic rings. The van der Waals surface area contributed by atoms with Gasteiger partial charge in [0.15, 0.2) is 11.6 Å². The molecule has 9 aromatic carbocycles. The van der Waals surface area contributed by atoms with Gasteiger partial charge in [0.05, 0.1) is 31.5 Å². The molecule has 0 unspecified atom stereocenters. The molecule has 0 saturated heterocycles. The van der Waals surface area contributed by atoms with Crippen molar-refractivity contribution in [3.8, 4) is 56.7 Å². The lowest BCUT2D eigenvalue weighted by atomic mass is 9.99. The summed E-state index contributed by atoms with van der Waals surface area (Å²) in [7, 11) is 0. The summed E-state index contributed by atoms with van der Waals surface area (Å²) < 4.78 is 7.17. The molecule has 6 heteroatoms. The van der Waals surface area contributed by atoms with Crippen LogP contribution in [0.5, 0.6) is 0 Å². The molecule has 0 N–H and O–H groups in total. The lowest BCUT2D eigenvalue weighted by Crippen LogP contribution is -2.07. The van der Waals surface area contributed by atoms with Gasteiger partial charge >= 0.3 is 0 Å². The van der Waals surface area contributed by atoms with Crippen LogP contribution < -0.4 is 0 Å². The van der Waals surface area contributed by atoms with E-state index in [1.165, 1.54) is 53.1 Å². The van der Waals surface area contributed by atoms with E-state index in [2.05, 4.69) is 197 Å². The molecule has 0 bridgehead atoms. The molecule has 0 amide bonds. The highest BCUT2D eigenvalue weighted by molar-refractivity contribution is 7.27. The van der Waals surface area contributed by atoms with Gasteiger partial charge in [-0.15, -0.1) is 11.3 Å². The largest absolute Gasteiger partial charge is 0.308 e. The molecular weight excluding hydrogens is 787 g/mol. The Kier molecular flexibility index (Phi) is 8.01. The summed E-state index contributed by atoms with van der Waals surface area (Å²) in [6.45, 7) is 0. The Morgan fingerprint density at radius 1 is 0.302 bits per heavy atom. The van der Waals surface area contributed by atoms with Gasteiger partial charge in [0.1, 0.15) is 0 Å². The van der Waals surface area contributed by atoms with E-state index in [0.717, 1.165) is 49.7 Å². The molecule has 13 rings (SSSR count). The summed E-state index contributed by atoms with van der Waals surface area (Å²) in [6.07, 6.45) is 0. The molecule has 0 aliphatic carbocycles. The van der Waals surface area contributed by atoms with Crippen molar-refractivity contribution < 1.29 is 0 Å². The first-order chi connectivity index (χ1) is 31.3. The van der Waals surface area contributed by atoms with Gasteiger partial charge in [-0.3, -0.25) is 4.57 Å². The summed E-state index contributed by atoms with van der Waals surface area (Å²) in [6, 6.07) is 75.4. The van der Waals surface area contributed by atoms with Gasteiger partial charge in [-0.1, -0.05) is 188 Å². The highest BCUT2D eigenvalue weighted by Gasteiger charge is 2.24. The van der Waals surface area contributed by atoms with E-state index < -0.39 is 0 Å². The van der Waals surface area contributed by atoms with Crippen LogP contribution in [0.25, 0.3) is 120 Å². The number of fused-ring (bicyclic) bond motifs is 11. The summed E-state index contributed by atoms with van der Waals surface area (Å²) in [5.41, 5.74) is 12.1. The second-order valence-corrected chi connectivity index (χ2v) is 17.0. The maximum Gasteiger partial charge on any atom is 0.238 e. The zero-order chi connectivity index (χ0) is 41.4. The third-order valence-electron chi connectivity index (χ3n) is 12.4. The number of aromatic nitrogens is 5. The van der Waals surface area contributed by atoms with Crippen LogP contribution in [0.15, 0.2) is 212 Å². The molecule has 63 heavy (non-hydrogen) atoms. The van der Waals surface area contributed by atoms with E-state index >= 15 is 0 Å². The number of nitrogens with zero attached hydrogens (tertiary/aromatic N) is 5. The quantitative estimate of drug-likeness (QED) is 0.168. The van der Waals surface area contributed by atoms with Crippen LogP contribution in [0, 0.1) is 0 Å². The Morgan fingerprint density at radius 3 is 1.40 bits per heavy atom. The standard InChI is InChI=1S/C57H35N5S/c1-4-16-36(17-5-1)37-28-30-40(31-29-37)61-49-26-14-12-23-42(49)44-32-34-46-47-35-33-45-43-24-13-15-27-50(43)62(52(45)54(47)63-53(46)51(44)61)57-59-55(39-20-8-3-9-21-39)58-56(60-57)48-25-11-10-22-41(48)38-18-6-2-7-19-38/h1-35H. The molecule has 0 spiro atoms. The van der Waals surface area contributed by atoms with Gasteiger partial charge in [-0.25, -0.2) is 4.98 Å². The number of hydrogen-bond acceptors (Lipinski definition) is 4. The topological polar surface area (TPSA) is 48.5 Å². The van der Waals surface area contributed by atoms with Crippen molar-refractivity contribution in [2.24, 2.45) is 0 Å². The molecule has 0 aliphatic heterocycles. The highest BCUT2D eigenvalue weighted by Crippen LogP contribution is 2.47. The second-order valence-electron chi connectivity index (χ2n) is 16.0. The summed E-state index contributed by atoms with van der Waals surface area (Å²) in [5, 5.41) is 7.21. The van der Waals surface area contributed by atoms with Crippen molar-refractivity contribution in [1.82, 2.24) is 24.1 Å². The molecule has 0 fully saturated rings. The third kappa shape index (κ3) is 5.59. The first kappa shape index (κ1) is 35.6. The number of para-hydroxylation sites is 2. The van der Waals surface area contributed by atoms with E-state index in [1.54, 1.807) is 0 Å². The third-order valence-corrected chi connectivity index (χ3v) is 13.7. The molecule has 13 aromatic rings. The lowest BCUT2D eigenvalue weighted by Gasteiger charge is -2.13. The first-order valence-electron chi connectivity index (χ1n) is 21.2. The van der Waals surface area contributed by atoms with Crippen molar-refractivity contribution in [2.75, 3.05) is 0 Å². The predicted octanol–water partition coefficient (Wildman–Crippen LogP) is 15.1. The zero-order valence-electron chi connectivity index (χ0n) is 33.9. The maximum absolute atomic E-state index is 5.42. The van der Waals surface area contributed by atoms with Crippen LogP contribution in [0.4, 0.5) is 0 Å². The SMILES string of the molecule is c1ccc(-c2ccc(-n3c4ccccc4c4ccc5c6ccc7c8ccccc8n(-c8nc(-c9ccccc9)nc(-c9ccccc9-c9ccccc9)n8)c7c6sc5c43)cc2)cc1. The number of rotatable bonds is 6. The molecular formula is C57H35N5S. The van der Waals surface area contributed by atoms with Crippen molar-refractivity contribution >= 4 is 75.1 Å². The predicted molar refractivity (Wildman–Crippen MR) is 263 cm³/mol. The monoisotopic (exact) mass is 821 g/mol. The maximum atomic E-state index is 5.42. The summed E-state index contributed by atoms with van der Waals surface area (Å²) in [5.74, 6) is 1.82. The fraction of sp³-hybridized carbons (Fsp3) is 0. The minimum Gasteiger partial charge on any atom is -0.308 e. The van der Waals surface area contributed by atoms with Crippen LogP contribution in [-0.4, -0.2) is 24.1 Å². The van der Waals surface area contributed by atoms with Crippen molar-refractivity contribution in [3.05, 3.63) is 212 Å². The van der Waals surface area contributed by atoms with Gasteiger partial charge in [-0.2, -0.15) is 9.97 Å². The number of benzene rings is 9. The average molecular weight is 822 g/mol. The second kappa shape index (κ2) is 14.2. The Bertz CT molecular complexity index is 3890. The minimum atomic E-state index is 0.579. The van der Waals surface area contributed by atoms with Crippen molar-refractivity contribution in [3.63, 3.8) is 0 Å². The number of hydrogen-bond donors (Lipinski definition) is 0. The van der Waals surface area contributed by atoms with Crippen LogP contribution in [-0.2, 0) is 0 Å². The Morgan fingerprint density at radius 2 is 0.762 bits per heavy atom. The summed E-state index contributed by atoms with van der Waals surface area (Å²) in [4.78, 5) is 16.0. The lowest BCUT2D eigenvalue weighted by molar-refractivity contribution is 0.955. The van der Waals surface area contributed by atoms with Crippen LogP contribution >= 0.6 is 11.3 Å². The van der Waals surface area contributed by atoms with Crippen molar-refractivity contribution in [2.45, 2.75) is 0 Å². The van der Waals surface area contributed by atoms with Gasteiger partial charge in [0, 0.05) is 49.1 Å². The van der Waals surface area contributed by atoms with E-state index in [9.17, 15) is 0 Å². The summed E-state index contributed by atoms with van der Waals surface area (Å²) >= 11 is 1.86. The molecule has 4 aromatic heterocycles. The molecule has 294 valence electrons. The minimum absolute atomic E-state index is 0.579. The van der Waals surface area contributed by atoms with E-state index in [1.807, 2.05) is 35.6 Å². The van der Waals surface area contributed by atoms with Gasteiger partial charge in [0.25, 0.3) is 0 Å². The van der Waals surface area contributed by atoms with Gasteiger partial charge in [-0.05, 0) is 46.5 Å². The fourth-order valence-electron chi connectivity index (χ4n) is 9.55. The van der Waals surface area contributed by atoms with E-state index in [0.29, 0.717) is 17.6 Å². The Balaban J connectivity index is 1.10. The van der Waals surface area contributed by atoms with Crippen LogP contribution in [0.3, 0.4) is 0 Å². The van der Waals surface area contributed by atoms with Gasteiger partial charge < -0.3 is 4.57 Å². The van der Waals surface area contributed by atoms with Crippen molar-refractivity contribution in [1.29, 1.82) is 0 Å². The molecule has 0 atom stereocenters. The van der Waals surface area contributed by atoms with Gasteiger partial charge in [0.2, 0.25) is 5.95 Å². The fourth-order valence-corrected chi connectivity index (χ4v) is 10.9. The molecule has 5 nitrogen and oxygen atoms in total. The molecule has 4 heterocycles. The first-order valence-corrected chi connectivity index (χ1v) is 22.0. The molecule has 0 radical (unpaired) electrons. The Hall–Kier alpha value is -8.19. The Labute approximate surface area is 366 Å². The number of thiophene rings is 1.